The Morgan fingerprint density at radius 1 is 1.50 bits per heavy atom. The summed E-state index contributed by atoms with van der Waals surface area (Å²) in [6, 6.07) is 0.131. The number of nitrogens with one attached hydrogen (secondary N) is 1. The highest BCUT2D eigenvalue weighted by atomic mass is 35.5. The van der Waals surface area contributed by atoms with Crippen LogP contribution >= 0.6 is 23.7 Å². The molecule has 1 saturated carbocycles. The van der Waals surface area contributed by atoms with Crippen LogP contribution in [0.25, 0.3) is 0 Å². The predicted octanol–water partition coefficient (Wildman–Crippen LogP) is 2.13. The van der Waals surface area contributed by atoms with Crippen molar-refractivity contribution in [2.24, 2.45) is 11.7 Å². The van der Waals surface area contributed by atoms with Gasteiger partial charge in [-0.2, -0.15) is 0 Å². The quantitative estimate of drug-likeness (QED) is 0.769. The van der Waals surface area contributed by atoms with E-state index in [1.165, 1.54) is 11.3 Å². The SMILES string of the molecule is CCOC(=O)Cc1csc(NC(=O)C[C@@H]2CCC[C@H]2N)n1.Cl. The molecule has 1 aliphatic rings. The number of hydrogen-bond donors (Lipinski definition) is 2. The second-order valence-electron chi connectivity index (χ2n) is 5.23. The average molecular weight is 348 g/mol. The van der Waals surface area contributed by atoms with Crippen LogP contribution < -0.4 is 11.1 Å². The Labute approximate surface area is 140 Å². The Hall–Kier alpha value is -1.18. The molecule has 8 heteroatoms. The van der Waals surface area contributed by atoms with Crippen LogP contribution in [-0.2, 0) is 20.7 Å². The minimum atomic E-state index is -0.308. The Morgan fingerprint density at radius 3 is 2.91 bits per heavy atom. The molecular weight excluding hydrogens is 326 g/mol. The zero-order chi connectivity index (χ0) is 15.2. The van der Waals surface area contributed by atoms with Crippen molar-refractivity contribution in [2.45, 2.75) is 45.1 Å². The molecule has 2 rings (SSSR count). The van der Waals surface area contributed by atoms with Crippen molar-refractivity contribution in [1.29, 1.82) is 0 Å². The summed E-state index contributed by atoms with van der Waals surface area (Å²) in [6.45, 7) is 2.12. The zero-order valence-corrected chi connectivity index (χ0v) is 14.2. The molecule has 0 aliphatic heterocycles. The van der Waals surface area contributed by atoms with Crippen molar-refractivity contribution in [3.63, 3.8) is 0 Å². The Kier molecular flexibility index (Phi) is 7.78. The van der Waals surface area contributed by atoms with Gasteiger partial charge in [-0.05, 0) is 25.7 Å². The van der Waals surface area contributed by atoms with E-state index in [2.05, 4.69) is 10.3 Å². The van der Waals surface area contributed by atoms with Gasteiger partial charge in [-0.3, -0.25) is 9.59 Å². The van der Waals surface area contributed by atoms with Gasteiger partial charge in [-0.1, -0.05) is 6.42 Å². The molecule has 0 radical (unpaired) electrons. The minimum Gasteiger partial charge on any atom is -0.466 e. The Morgan fingerprint density at radius 2 is 2.27 bits per heavy atom. The first-order valence-electron chi connectivity index (χ1n) is 7.24. The third kappa shape index (κ3) is 5.55. The molecule has 0 saturated heterocycles. The third-order valence-electron chi connectivity index (χ3n) is 3.59. The van der Waals surface area contributed by atoms with Crippen LogP contribution in [0.4, 0.5) is 5.13 Å². The molecule has 0 aromatic carbocycles. The largest absolute Gasteiger partial charge is 0.466 e. The highest BCUT2D eigenvalue weighted by Gasteiger charge is 2.26. The fourth-order valence-electron chi connectivity index (χ4n) is 2.53. The van der Waals surface area contributed by atoms with Crippen molar-refractivity contribution < 1.29 is 14.3 Å². The maximum atomic E-state index is 12.0. The molecule has 1 fully saturated rings. The molecule has 0 spiro atoms. The smallest absolute Gasteiger partial charge is 0.311 e. The number of aromatic nitrogens is 1. The molecule has 0 bridgehead atoms. The molecule has 1 aliphatic carbocycles. The Balaban J connectivity index is 0.00000242. The van der Waals surface area contributed by atoms with Gasteiger partial charge in [0.15, 0.2) is 5.13 Å². The number of nitrogens with zero attached hydrogens (tertiary/aromatic N) is 1. The van der Waals surface area contributed by atoms with Gasteiger partial charge in [0, 0.05) is 17.8 Å². The third-order valence-corrected chi connectivity index (χ3v) is 4.40. The summed E-state index contributed by atoms with van der Waals surface area (Å²) in [5, 5.41) is 5.05. The number of ether oxygens (including phenoxy) is 1. The second kappa shape index (κ2) is 9.07. The molecule has 1 aromatic rings. The number of amides is 1. The lowest BCUT2D eigenvalue weighted by Gasteiger charge is -2.13. The number of anilines is 1. The van der Waals surface area contributed by atoms with Gasteiger partial charge in [-0.15, -0.1) is 23.7 Å². The summed E-state index contributed by atoms with van der Waals surface area (Å²) < 4.78 is 4.86. The van der Waals surface area contributed by atoms with Crippen LogP contribution in [0, 0.1) is 5.92 Å². The molecule has 1 heterocycles. The molecule has 3 N–H and O–H groups in total. The lowest BCUT2D eigenvalue weighted by Crippen LogP contribution is -2.28. The van der Waals surface area contributed by atoms with Gasteiger partial charge in [0.25, 0.3) is 0 Å². The predicted molar refractivity (Wildman–Crippen MR) is 88.3 cm³/mol. The van der Waals surface area contributed by atoms with Crippen molar-refractivity contribution in [3.05, 3.63) is 11.1 Å². The van der Waals surface area contributed by atoms with E-state index < -0.39 is 0 Å². The summed E-state index contributed by atoms with van der Waals surface area (Å²) in [4.78, 5) is 27.5. The van der Waals surface area contributed by atoms with Crippen molar-refractivity contribution >= 4 is 40.8 Å². The normalized spacial score (nSPS) is 20.3. The highest BCUT2D eigenvalue weighted by Crippen LogP contribution is 2.27. The number of esters is 1. The van der Waals surface area contributed by atoms with Crippen molar-refractivity contribution in [3.8, 4) is 0 Å². The van der Waals surface area contributed by atoms with Crippen LogP contribution in [0.15, 0.2) is 5.38 Å². The number of halogens is 1. The average Bonchev–Trinajstić information content (AvgIpc) is 3.00. The summed E-state index contributed by atoms with van der Waals surface area (Å²) >= 11 is 1.31. The first-order valence-corrected chi connectivity index (χ1v) is 8.12. The molecule has 2 atom stereocenters. The van der Waals surface area contributed by atoms with E-state index in [9.17, 15) is 9.59 Å². The lowest BCUT2D eigenvalue weighted by atomic mass is 10.00. The standard InChI is InChI=1S/C14H21N3O3S.ClH/c1-2-20-13(19)7-10-8-21-14(16-10)17-12(18)6-9-4-3-5-11(9)15;/h8-9,11H,2-7,15H2,1H3,(H,16,17,18);1H/t9-,11+;/m0./s1. The number of carbonyl (C=O) groups excluding carboxylic acids is 2. The summed E-state index contributed by atoms with van der Waals surface area (Å²) in [7, 11) is 0. The van der Waals surface area contributed by atoms with E-state index >= 15 is 0 Å². The lowest BCUT2D eigenvalue weighted by molar-refractivity contribution is -0.142. The summed E-state index contributed by atoms with van der Waals surface area (Å²) in [5.41, 5.74) is 6.58. The van der Waals surface area contributed by atoms with E-state index in [4.69, 9.17) is 10.5 Å². The molecule has 1 amide bonds. The number of rotatable bonds is 6. The fraction of sp³-hybridized carbons (Fsp3) is 0.643. The van der Waals surface area contributed by atoms with Crippen molar-refractivity contribution in [1.82, 2.24) is 4.98 Å². The second-order valence-corrected chi connectivity index (χ2v) is 6.09. The highest BCUT2D eigenvalue weighted by molar-refractivity contribution is 7.13. The monoisotopic (exact) mass is 347 g/mol. The maximum absolute atomic E-state index is 12.0. The zero-order valence-electron chi connectivity index (χ0n) is 12.5. The van der Waals surface area contributed by atoms with E-state index in [1.807, 2.05) is 0 Å². The van der Waals surface area contributed by atoms with Gasteiger partial charge >= 0.3 is 5.97 Å². The van der Waals surface area contributed by atoms with Gasteiger partial charge in [0.2, 0.25) is 5.91 Å². The van der Waals surface area contributed by atoms with Crippen LogP contribution in [0.5, 0.6) is 0 Å². The van der Waals surface area contributed by atoms with Crippen LogP contribution in [0.1, 0.15) is 38.3 Å². The Bertz CT molecular complexity index is 509. The summed E-state index contributed by atoms with van der Waals surface area (Å²) in [5.74, 6) is -0.101. The van der Waals surface area contributed by atoms with E-state index in [0.29, 0.717) is 23.9 Å². The van der Waals surface area contributed by atoms with Gasteiger partial charge in [0.1, 0.15) is 0 Å². The van der Waals surface area contributed by atoms with E-state index in [1.54, 1.807) is 12.3 Å². The first kappa shape index (κ1) is 18.9. The first-order chi connectivity index (χ1) is 10.1. The maximum Gasteiger partial charge on any atom is 0.311 e. The van der Waals surface area contributed by atoms with E-state index in [-0.39, 0.29) is 42.7 Å². The van der Waals surface area contributed by atoms with Crippen LogP contribution in [0.2, 0.25) is 0 Å². The van der Waals surface area contributed by atoms with Crippen molar-refractivity contribution in [2.75, 3.05) is 11.9 Å². The van der Waals surface area contributed by atoms with Crippen LogP contribution in [-0.4, -0.2) is 29.5 Å². The molecule has 1 aromatic heterocycles. The molecule has 124 valence electrons. The van der Waals surface area contributed by atoms with Gasteiger partial charge in [0.05, 0.1) is 18.7 Å². The van der Waals surface area contributed by atoms with Gasteiger partial charge in [-0.25, -0.2) is 4.98 Å². The molecular formula is C14H22ClN3O3S. The number of hydrogen-bond acceptors (Lipinski definition) is 6. The van der Waals surface area contributed by atoms with E-state index in [0.717, 1.165) is 19.3 Å². The molecule has 0 unspecified atom stereocenters. The number of nitrogens with two attached hydrogens (primary N) is 1. The fourth-order valence-corrected chi connectivity index (χ4v) is 3.26. The number of thiazole rings is 1. The number of carbonyl (C=O) groups is 2. The van der Waals surface area contributed by atoms with Gasteiger partial charge < -0.3 is 15.8 Å². The summed E-state index contributed by atoms with van der Waals surface area (Å²) in [6.07, 6.45) is 3.68. The molecule has 6 nitrogen and oxygen atoms in total. The minimum absolute atomic E-state index is 0. The van der Waals surface area contributed by atoms with Crippen LogP contribution in [0.3, 0.4) is 0 Å². The topological polar surface area (TPSA) is 94.3 Å². The molecule has 22 heavy (non-hydrogen) atoms.